The summed E-state index contributed by atoms with van der Waals surface area (Å²) >= 11 is 5.22. The van der Waals surface area contributed by atoms with Crippen LogP contribution in [-0.2, 0) is 21.3 Å². The second-order valence-electron chi connectivity index (χ2n) is 4.05. The second-order valence-corrected chi connectivity index (χ2v) is 4.41. The average molecular weight is 241 g/mol. The lowest BCUT2D eigenvalue weighted by Gasteiger charge is -2.26. The summed E-state index contributed by atoms with van der Waals surface area (Å²) in [6, 6.07) is -0.139. The zero-order valence-corrected chi connectivity index (χ0v) is 9.51. The lowest BCUT2D eigenvalue weighted by molar-refractivity contribution is -0.156. The van der Waals surface area contributed by atoms with Crippen molar-refractivity contribution < 1.29 is 14.3 Å². The van der Waals surface area contributed by atoms with Gasteiger partial charge in [0.05, 0.1) is 12.6 Å². The van der Waals surface area contributed by atoms with Crippen LogP contribution in [0.1, 0.15) is 12.5 Å². The van der Waals surface area contributed by atoms with Crippen molar-refractivity contribution in [3.8, 4) is 0 Å². The molecule has 0 unspecified atom stereocenters. The van der Waals surface area contributed by atoms with Crippen molar-refractivity contribution in [2.45, 2.75) is 24.9 Å². The Morgan fingerprint density at radius 1 is 1.62 bits per heavy atom. The smallest absolute Gasteiger partial charge is 0.218 e. The van der Waals surface area contributed by atoms with E-state index in [1.54, 1.807) is 15.6 Å². The van der Waals surface area contributed by atoms with Gasteiger partial charge in [0, 0.05) is 13.5 Å². The monoisotopic (exact) mass is 241 g/mol. The topological polar surface area (TPSA) is 58.3 Å². The van der Waals surface area contributed by atoms with Gasteiger partial charge in [0.25, 0.3) is 0 Å². The van der Waals surface area contributed by atoms with Crippen molar-refractivity contribution in [1.29, 1.82) is 0 Å². The highest BCUT2D eigenvalue weighted by molar-refractivity contribution is 7.71. The van der Waals surface area contributed by atoms with Gasteiger partial charge in [0.2, 0.25) is 6.29 Å². The number of carbonyl (C=O) groups excluding carboxylic acids is 1. The van der Waals surface area contributed by atoms with E-state index in [0.29, 0.717) is 17.8 Å². The highest BCUT2D eigenvalue weighted by Crippen LogP contribution is 2.32. The molecule has 3 heterocycles. The molecule has 2 aliphatic heterocycles. The van der Waals surface area contributed by atoms with Crippen LogP contribution in [0.2, 0.25) is 0 Å². The molecule has 1 aromatic heterocycles. The molecule has 2 bridgehead atoms. The van der Waals surface area contributed by atoms with Crippen LogP contribution in [0, 0.1) is 4.77 Å². The predicted octanol–water partition coefficient (Wildman–Crippen LogP) is 0.206. The summed E-state index contributed by atoms with van der Waals surface area (Å²) in [7, 11) is 1.82. The molecular weight excluding hydrogens is 230 g/mol. The van der Waals surface area contributed by atoms with Crippen LogP contribution in [0.15, 0.2) is 6.33 Å². The fourth-order valence-electron chi connectivity index (χ4n) is 2.09. The summed E-state index contributed by atoms with van der Waals surface area (Å²) < 4.78 is 14.7. The maximum atomic E-state index is 11.6. The van der Waals surface area contributed by atoms with Gasteiger partial charge in [-0.2, -0.15) is 5.10 Å². The fraction of sp³-hybridized carbons (Fsp3) is 0.667. The zero-order valence-electron chi connectivity index (χ0n) is 8.70. The number of ether oxygens (including phenoxy) is 2. The number of carbonyl (C=O) groups is 1. The maximum Gasteiger partial charge on any atom is 0.218 e. The molecule has 0 aromatic carbocycles. The lowest BCUT2D eigenvalue weighted by Crippen LogP contribution is -2.37. The minimum Gasteiger partial charge on any atom is -0.343 e. The molecule has 1 aromatic rings. The van der Waals surface area contributed by atoms with Gasteiger partial charge in [-0.15, -0.1) is 0 Å². The van der Waals surface area contributed by atoms with Gasteiger partial charge in [0.15, 0.2) is 10.6 Å². The van der Waals surface area contributed by atoms with E-state index < -0.39 is 6.29 Å². The first-order valence-corrected chi connectivity index (χ1v) is 5.47. The summed E-state index contributed by atoms with van der Waals surface area (Å²) in [6.45, 7) is 0.430. The van der Waals surface area contributed by atoms with E-state index in [2.05, 4.69) is 5.10 Å². The highest BCUT2D eigenvalue weighted by atomic mass is 32.1. The normalized spacial score (nSPS) is 33.3. The molecule has 86 valence electrons. The molecule has 2 aliphatic rings. The first-order valence-electron chi connectivity index (χ1n) is 5.07. The maximum absolute atomic E-state index is 11.6. The molecule has 0 spiro atoms. The number of aryl methyl sites for hydroxylation is 1. The predicted molar refractivity (Wildman–Crippen MR) is 55.3 cm³/mol. The summed E-state index contributed by atoms with van der Waals surface area (Å²) in [6.07, 6.45) is 1.22. The molecule has 7 heteroatoms. The van der Waals surface area contributed by atoms with Gasteiger partial charge in [-0.1, -0.05) is 0 Å². The number of aromatic nitrogens is 3. The van der Waals surface area contributed by atoms with Crippen LogP contribution in [0.5, 0.6) is 0 Å². The standard InChI is InChI=1S/C9H11N3O3S/c1-11-4-10-12(9(11)16)5-2-6(13)8-14-3-7(5)15-8/h4-5,7-8H,2-3H2,1H3/t5-,7+,8+/m1/s1. The Labute approximate surface area is 96.8 Å². The van der Waals surface area contributed by atoms with Gasteiger partial charge < -0.3 is 14.0 Å². The zero-order chi connectivity index (χ0) is 11.3. The molecule has 2 fully saturated rings. The molecule has 0 saturated carbocycles. The highest BCUT2D eigenvalue weighted by Gasteiger charge is 2.44. The van der Waals surface area contributed by atoms with E-state index in [-0.39, 0.29) is 17.9 Å². The molecule has 3 rings (SSSR count). The number of Topliss-reactive ketones (excluding diaryl/α,β-unsaturated/α-hetero) is 1. The Balaban J connectivity index is 1.98. The van der Waals surface area contributed by atoms with Crippen LogP contribution in [-0.4, -0.2) is 39.1 Å². The summed E-state index contributed by atoms with van der Waals surface area (Å²) in [5, 5.41) is 4.18. The van der Waals surface area contributed by atoms with Crippen LogP contribution in [0.25, 0.3) is 0 Å². The number of hydrogen-bond donors (Lipinski definition) is 0. The van der Waals surface area contributed by atoms with Crippen molar-refractivity contribution in [3.63, 3.8) is 0 Å². The molecule has 0 aliphatic carbocycles. The average Bonchev–Trinajstić information content (AvgIpc) is 2.82. The van der Waals surface area contributed by atoms with Gasteiger partial charge in [-0.3, -0.25) is 4.79 Å². The Bertz CT molecular complexity index is 494. The molecular formula is C9H11N3O3S. The number of nitrogens with zero attached hydrogens (tertiary/aromatic N) is 3. The van der Waals surface area contributed by atoms with E-state index in [1.165, 1.54) is 0 Å². The fourth-order valence-corrected chi connectivity index (χ4v) is 2.32. The van der Waals surface area contributed by atoms with E-state index in [1.807, 2.05) is 7.05 Å². The van der Waals surface area contributed by atoms with Gasteiger partial charge in [0.1, 0.15) is 12.4 Å². The molecule has 0 N–H and O–H groups in total. The molecule has 0 amide bonds. The van der Waals surface area contributed by atoms with Crippen LogP contribution in [0.3, 0.4) is 0 Å². The van der Waals surface area contributed by atoms with Crippen molar-refractivity contribution >= 4 is 18.0 Å². The Kier molecular flexibility index (Phi) is 2.20. The van der Waals surface area contributed by atoms with E-state index in [9.17, 15) is 4.79 Å². The Morgan fingerprint density at radius 3 is 3.12 bits per heavy atom. The van der Waals surface area contributed by atoms with Gasteiger partial charge in [-0.05, 0) is 12.2 Å². The molecule has 0 radical (unpaired) electrons. The van der Waals surface area contributed by atoms with Gasteiger partial charge >= 0.3 is 0 Å². The summed E-state index contributed by atoms with van der Waals surface area (Å²) in [4.78, 5) is 11.6. The van der Waals surface area contributed by atoms with E-state index >= 15 is 0 Å². The van der Waals surface area contributed by atoms with E-state index in [4.69, 9.17) is 21.7 Å². The third-order valence-corrected chi connectivity index (χ3v) is 3.45. The SMILES string of the molecule is Cn1cnn([C@@H]2CC(=O)[C@H]3OC[C@@H]2O3)c1=S. The first kappa shape index (κ1) is 10.1. The molecule has 2 saturated heterocycles. The largest absolute Gasteiger partial charge is 0.343 e. The van der Waals surface area contributed by atoms with Crippen LogP contribution < -0.4 is 0 Å². The lowest BCUT2D eigenvalue weighted by atomic mass is 10.0. The number of ketones is 1. The van der Waals surface area contributed by atoms with Gasteiger partial charge in [-0.25, -0.2) is 4.68 Å². The van der Waals surface area contributed by atoms with Crippen molar-refractivity contribution in [1.82, 2.24) is 14.3 Å². The molecule has 3 atom stereocenters. The second kappa shape index (κ2) is 3.47. The quantitative estimate of drug-likeness (QED) is 0.658. The number of rotatable bonds is 1. The van der Waals surface area contributed by atoms with Crippen molar-refractivity contribution in [3.05, 3.63) is 11.1 Å². The summed E-state index contributed by atoms with van der Waals surface area (Å²) in [5.74, 6) is -0.0358. The minimum atomic E-state index is -0.667. The minimum absolute atomic E-state index is 0.0358. The summed E-state index contributed by atoms with van der Waals surface area (Å²) in [5.41, 5.74) is 0. The molecule has 6 nitrogen and oxygen atoms in total. The van der Waals surface area contributed by atoms with E-state index in [0.717, 1.165) is 0 Å². The van der Waals surface area contributed by atoms with Crippen LogP contribution in [0.4, 0.5) is 0 Å². The first-order chi connectivity index (χ1) is 7.66. The third-order valence-electron chi connectivity index (χ3n) is 2.97. The Hall–Kier alpha value is -1.05. The van der Waals surface area contributed by atoms with Crippen molar-refractivity contribution in [2.24, 2.45) is 7.05 Å². The number of fused-ring (bicyclic) bond motifs is 2. The number of hydrogen-bond acceptors (Lipinski definition) is 5. The molecule has 16 heavy (non-hydrogen) atoms. The third kappa shape index (κ3) is 1.35. The van der Waals surface area contributed by atoms with Crippen LogP contribution >= 0.6 is 12.2 Å². The Morgan fingerprint density at radius 2 is 2.44 bits per heavy atom. The van der Waals surface area contributed by atoms with Crippen molar-refractivity contribution in [2.75, 3.05) is 6.61 Å².